The van der Waals surface area contributed by atoms with Gasteiger partial charge in [0.25, 0.3) is 0 Å². The molecule has 0 aliphatic heterocycles. The molecule has 1 aromatic carbocycles. The van der Waals surface area contributed by atoms with E-state index in [0.717, 1.165) is 5.56 Å². The molecule has 0 radical (unpaired) electrons. The summed E-state index contributed by atoms with van der Waals surface area (Å²) in [5, 5.41) is 20.1. The predicted molar refractivity (Wildman–Crippen MR) is 70.8 cm³/mol. The third-order valence-corrected chi connectivity index (χ3v) is 2.90. The van der Waals surface area contributed by atoms with Crippen LogP contribution in [0.1, 0.15) is 5.56 Å². The largest absolute Gasteiger partial charge is 0.508 e. The number of aromatic hydroxyl groups is 2. The summed E-state index contributed by atoms with van der Waals surface area (Å²) in [7, 11) is 0. The van der Waals surface area contributed by atoms with Gasteiger partial charge in [0.2, 0.25) is 0 Å². The van der Waals surface area contributed by atoms with E-state index in [1.165, 1.54) is 6.07 Å². The number of imidazole rings is 1. The highest BCUT2D eigenvalue weighted by molar-refractivity contribution is 5.90. The number of pyridine rings is 1. The van der Waals surface area contributed by atoms with E-state index in [1.54, 1.807) is 24.7 Å². The van der Waals surface area contributed by atoms with Gasteiger partial charge in [0.15, 0.2) is 0 Å². The zero-order valence-corrected chi connectivity index (χ0v) is 9.98. The lowest BCUT2D eigenvalue weighted by Crippen LogP contribution is -2.01. The maximum atomic E-state index is 9.83. The van der Waals surface area contributed by atoms with Gasteiger partial charge in [-0.25, -0.2) is 9.97 Å². The Morgan fingerprint density at radius 1 is 1.21 bits per heavy atom. The highest BCUT2D eigenvalue weighted by Crippen LogP contribution is 2.31. The van der Waals surface area contributed by atoms with E-state index in [1.807, 2.05) is 10.8 Å². The van der Waals surface area contributed by atoms with Crippen LogP contribution in [-0.2, 0) is 6.54 Å². The Hall–Kier alpha value is -2.76. The summed E-state index contributed by atoms with van der Waals surface area (Å²) in [5.74, 6) is 0.223. The van der Waals surface area contributed by atoms with E-state index < -0.39 is 0 Å². The van der Waals surface area contributed by atoms with Crippen molar-refractivity contribution < 1.29 is 10.2 Å². The van der Waals surface area contributed by atoms with Gasteiger partial charge in [-0.15, -0.1) is 0 Å². The number of nitrogens with zero attached hydrogens (tertiary/aromatic N) is 3. The van der Waals surface area contributed by atoms with Crippen molar-refractivity contribution in [2.45, 2.75) is 6.54 Å². The highest BCUT2D eigenvalue weighted by atomic mass is 16.3. The zero-order valence-electron chi connectivity index (χ0n) is 9.98. The number of hydrogen-bond donors (Lipinski definition) is 3. The minimum absolute atomic E-state index is 0.0107. The van der Waals surface area contributed by atoms with Crippen LogP contribution in [-0.4, -0.2) is 24.7 Å². The van der Waals surface area contributed by atoms with Crippen LogP contribution in [0.4, 0.5) is 5.82 Å². The molecule has 6 nitrogen and oxygen atoms in total. The molecule has 19 heavy (non-hydrogen) atoms. The first-order valence-electron chi connectivity index (χ1n) is 5.70. The minimum atomic E-state index is -0.0887. The third-order valence-electron chi connectivity index (χ3n) is 2.90. The maximum Gasteiger partial charge on any atom is 0.145 e. The third kappa shape index (κ3) is 2.03. The average Bonchev–Trinajstić information content (AvgIpc) is 2.83. The molecule has 2 aromatic heterocycles. The van der Waals surface area contributed by atoms with Gasteiger partial charge in [-0.2, -0.15) is 0 Å². The second-order valence-corrected chi connectivity index (χ2v) is 4.30. The Morgan fingerprint density at radius 2 is 2.05 bits per heavy atom. The van der Waals surface area contributed by atoms with Gasteiger partial charge in [0, 0.05) is 30.4 Å². The molecule has 0 saturated heterocycles. The molecule has 0 unspecified atom stereocenters. The fourth-order valence-corrected chi connectivity index (χ4v) is 2.09. The molecule has 0 aliphatic rings. The Morgan fingerprint density at radius 3 is 2.79 bits per heavy atom. The van der Waals surface area contributed by atoms with Crippen LogP contribution in [0.3, 0.4) is 0 Å². The number of fused-ring (bicyclic) bond motifs is 1. The van der Waals surface area contributed by atoms with Crippen LogP contribution < -0.4 is 5.73 Å². The number of nitrogen functional groups attached to an aromatic ring is 1. The Bertz CT molecular complexity index is 738. The van der Waals surface area contributed by atoms with Gasteiger partial charge in [-0.05, 0) is 17.7 Å². The van der Waals surface area contributed by atoms with E-state index in [2.05, 4.69) is 9.97 Å². The molecule has 3 aromatic rings. The van der Waals surface area contributed by atoms with E-state index >= 15 is 0 Å². The lowest BCUT2D eigenvalue weighted by molar-refractivity contribution is 0.454. The maximum absolute atomic E-state index is 9.83. The summed E-state index contributed by atoms with van der Waals surface area (Å²) in [6.45, 7) is 0.534. The quantitative estimate of drug-likeness (QED) is 0.645. The number of benzene rings is 1. The summed E-state index contributed by atoms with van der Waals surface area (Å²) < 4.78 is 1.87. The van der Waals surface area contributed by atoms with Crippen molar-refractivity contribution in [2.24, 2.45) is 0 Å². The molecular weight excluding hydrogens is 244 g/mol. The van der Waals surface area contributed by atoms with Gasteiger partial charge in [0.1, 0.15) is 22.8 Å². The van der Waals surface area contributed by atoms with Crippen molar-refractivity contribution >= 4 is 16.7 Å². The SMILES string of the molecule is Nc1cc(Cn2ccnc2)c2cc(O)cc(O)c2n1. The number of phenols is 2. The molecule has 0 aliphatic carbocycles. The molecule has 96 valence electrons. The first kappa shape index (κ1) is 11.3. The fourth-order valence-electron chi connectivity index (χ4n) is 2.09. The molecule has 0 bridgehead atoms. The van der Waals surface area contributed by atoms with Crippen molar-refractivity contribution in [1.82, 2.24) is 14.5 Å². The average molecular weight is 256 g/mol. The number of anilines is 1. The molecule has 4 N–H and O–H groups in total. The lowest BCUT2D eigenvalue weighted by atomic mass is 10.1. The lowest BCUT2D eigenvalue weighted by Gasteiger charge is -2.10. The van der Waals surface area contributed by atoms with E-state index in [4.69, 9.17) is 5.73 Å². The second kappa shape index (κ2) is 4.16. The number of phenolic OH excluding ortho intramolecular Hbond substituents is 2. The smallest absolute Gasteiger partial charge is 0.145 e. The van der Waals surface area contributed by atoms with Crippen molar-refractivity contribution in [1.29, 1.82) is 0 Å². The Kier molecular flexibility index (Phi) is 2.49. The van der Waals surface area contributed by atoms with Crippen LogP contribution in [0.15, 0.2) is 36.9 Å². The van der Waals surface area contributed by atoms with Gasteiger partial charge in [-0.1, -0.05) is 0 Å². The van der Waals surface area contributed by atoms with E-state index in [0.29, 0.717) is 23.3 Å². The molecule has 2 heterocycles. The highest BCUT2D eigenvalue weighted by Gasteiger charge is 2.10. The van der Waals surface area contributed by atoms with Crippen molar-refractivity contribution in [3.63, 3.8) is 0 Å². The van der Waals surface area contributed by atoms with Crippen molar-refractivity contribution in [2.75, 3.05) is 5.73 Å². The zero-order chi connectivity index (χ0) is 13.4. The summed E-state index contributed by atoms with van der Waals surface area (Å²) in [6, 6.07) is 4.53. The number of hydrogen-bond acceptors (Lipinski definition) is 5. The van der Waals surface area contributed by atoms with Gasteiger partial charge in [0.05, 0.1) is 6.33 Å². The summed E-state index contributed by atoms with van der Waals surface area (Å²) in [5.41, 5.74) is 6.99. The van der Waals surface area contributed by atoms with Crippen molar-refractivity contribution in [3.8, 4) is 11.5 Å². The first-order valence-corrected chi connectivity index (χ1v) is 5.70. The first-order chi connectivity index (χ1) is 9.13. The molecule has 0 saturated carbocycles. The molecule has 3 rings (SSSR count). The van der Waals surface area contributed by atoms with Gasteiger partial charge in [-0.3, -0.25) is 0 Å². The molecule has 0 atom stereocenters. The molecular formula is C13H12N4O2. The molecule has 0 spiro atoms. The monoisotopic (exact) mass is 256 g/mol. The van der Waals surface area contributed by atoms with Crippen molar-refractivity contribution in [3.05, 3.63) is 42.5 Å². The van der Waals surface area contributed by atoms with E-state index in [9.17, 15) is 10.2 Å². The number of aromatic nitrogens is 3. The fraction of sp³-hybridized carbons (Fsp3) is 0.0769. The molecule has 0 fully saturated rings. The molecule has 0 amide bonds. The van der Waals surface area contributed by atoms with Crippen LogP contribution in [0.2, 0.25) is 0 Å². The van der Waals surface area contributed by atoms with Crippen LogP contribution >= 0.6 is 0 Å². The topological polar surface area (TPSA) is 97.2 Å². The number of rotatable bonds is 2. The van der Waals surface area contributed by atoms with Gasteiger partial charge >= 0.3 is 0 Å². The van der Waals surface area contributed by atoms with Gasteiger partial charge < -0.3 is 20.5 Å². The van der Waals surface area contributed by atoms with Crippen LogP contribution in [0.25, 0.3) is 10.9 Å². The minimum Gasteiger partial charge on any atom is -0.508 e. The summed E-state index contributed by atoms with van der Waals surface area (Å²) in [4.78, 5) is 8.07. The number of nitrogens with two attached hydrogens (primary N) is 1. The van der Waals surface area contributed by atoms with Crippen LogP contribution in [0.5, 0.6) is 11.5 Å². The molecule has 6 heteroatoms. The standard InChI is InChI=1S/C13H12N4O2/c14-12-3-8(6-17-2-1-15-7-17)10-4-9(18)5-11(19)13(10)16-12/h1-5,7,18-19H,6H2,(H2,14,16). The second-order valence-electron chi connectivity index (χ2n) is 4.30. The summed E-state index contributed by atoms with van der Waals surface area (Å²) in [6.07, 6.45) is 5.19. The summed E-state index contributed by atoms with van der Waals surface area (Å²) >= 11 is 0. The Labute approximate surface area is 108 Å². The Balaban J connectivity index is 2.22. The normalized spacial score (nSPS) is 10.9. The van der Waals surface area contributed by atoms with E-state index in [-0.39, 0.29) is 11.5 Å². The van der Waals surface area contributed by atoms with Crippen LogP contribution in [0, 0.1) is 0 Å². The predicted octanol–water partition coefficient (Wildman–Crippen LogP) is 1.47.